The fourth-order valence-corrected chi connectivity index (χ4v) is 1.55. The third-order valence-electron chi connectivity index (χ3n) is 2.45. The molecule has 0 heterocycles. The standard InChI is InChI=1S/C13H28N2O/c1-5-9-15(11-12-16-4)10-7-6-8-14-13(2)3/h5,13-14H,1,6-12H2,2-4H3. The molecule has 0 fully saturated rings. The predicted molar refractivity (Wildman–Crippen MR) is 70.9 cm³/mol. The number of hydrogen-bond acceptors (Lipinski definition) is 3. The number of ether oxygens (including phenoxy) is 1. The molecule has 3 nitrogen and oxygen atoms in total. The summed E-state index contributed by atoms with van der Waals surface area (Å²) in [7, 11) is 1.75. The molecule has 0 unspecified atom stereocenters. The molecule has 0 saturated heterocycles. The number of methoxy groups -OCH3 is 1. The summed E-state index contributed by atoms with van der Waals surface area (Å²) in [5, 5.41) is 3.43. The fourth-order valence-electron chi connectivity index (χ4n) is 1.55. The van der Waals surface area contributed by atoms with Crippen molar-refractivity contribution in [2.75, 3.05) is 39.9 Å². The number of unbranched alkanes of at least 4 members (excludes halogenated alkanes) is 1. The molecule has 0 aromatic heterocycles. The van der Waals surface area contributed by atoms with Crippen molar-refractivity contribution in [1.29, 1.82) is 0 Å². The normalized spacial score (nSPS) is 11.3. The molecule has 0 amide bonds. The molecule has 0 atom stereocenters. The number of nitrogens with zero attached hydrogens (tertiary/aromatic N) is 1. The second kappa shape index (κ2) is 11.1. The van der Waals surface area contributed by atoms with Crippen molar-refractivity contribution in [3.05, 3.63) is 12.7 Å². The van der Waals surface area contributed by atoms with Gasteiger partial charge < -0.3 is 10.1 Å². The lowest BCUT2D eigenvalue weighted by molar-refractivity contribution is 0.153. The third-order valence-corrected chi connectivity index (χ3v) is 2.45. The van der Waals surface area contributed by atoms with Gasteiger partial charge >= 0.3 is 0 Å². The van der Waals surface area contributed by atoms with E-state index in [-0.39, 0.29) is 0 Å². The quantitative estimate of drug-likeness (QED) is 0.432. The van der Waals surface area contributed by atoms with Crippen LogP contribution in [-0.2, 0) is 4.74 Å². The van der Waals surface area contributed by atoms with Crippen molar-refractivity contribution in [2.24, 2.45) is 0 Å². The van der Waals surface area contributed by atoms with Crippen LogP contribution in [0, 0.1) is 0 Å². The van der Waals surface area contributed by atoms with E-state index in [1.165, 1.54) is 12.8 Å². The van der Waals surface area contributed by atoms with Gasteiger partial charge in [0, 0.05) is 26.2 Å². The van der Waals surface area contributed by atoms with E-state index in [1.807, 2.05) is 6.08 Å². The van der Waals surface area contributed by atoms with Gasteiger partial charge in [-0.2, -0.15) is 0 Å². The Hall–Kier alpha value is -0.380. The zero-order valence-electron chi connectivity index (χ0n) is 11.2. The third kappa shape index (κ3) is 10.1. The van der Waals surface area contributed by atoms with Crippen LogP contribution in [0.25, 0.3) is 0 Å². The molecule has 0 bridgehead atoms. The highest BCUT2D eigenvalue weighted by atomic mass is 16.5. The first-order valence-corrected chi connectivity index (χ1v) is 6.26. The number of hydrogen-bond donors (Lipinski definition) is 1. The van der Waals surface area contributed by atoms with Crippen LogP contribution in [0.4, 0.5) is 0 Å². The molecule has 96 valence electrons. The van der Waals surface area contributed by atoms with E-state index in [9.17, 15) is 0 Å². The number of nitrogens with one attached hydrogen (secondary N) is 1. The molecule has 0 spiro atoms. The summed E-state index contributed by atoms with van der Waals surface area (Å²) in [6.45, 7) is 13.2. The average Bonchev–Trinajstić information content (AvgIpc) is 2.24. The molecule has 3 heteroatoms. The lowest BCUT2D eigenvalue weighted by Gasteiger charge is -2.20. The maximum absolute atomic E-state index is 5.09. The Bertz CT molecular complexity index is 160. The largest absolute Gasteiger partial charge is 0.383 e. The Morgan fingerprint density at radius 3 is 2.62 bits per heavy atom. The summed E-state index contributed by atoms with van der Waals surface area (Å²) in [4.78, 5) is 2.38. The topological polar surface area (TPSA) is 24.5 Å². The van der Waals surface area contributed by atoms with E-state index in [1.54, 1.807) is 7.11 Å². The van der Waals surface area contributed by atoms with E-state index in [2.05, 4.69) is 30.6 Å². The summed E-state index contributed by atoms with van der Waals surface area (Å²) >= 11 is 0. The first-order chi connectivity index (χ1) is 7.70. The SMILES string of the molecule is C=CCN(CCCCNC(C)C)CCOC. The van der Waals surface area contributed by atoms with Crippen LogP contribution in [0.1, 0.15) is 26.7 Å². The van der Waals surface area contributed by atoms with Crippen LogP contribution in [0.2, 0.25) is 0 Å². The minimum atomic E-state index is 0.595. The van der Waals surface area contributed by atoms with Crippen molar-refractivity contribution in [2.45, 2.75) is 32.7 Å². The molecule has 0 saturated carbocycles. The van der Waals surface area contributed by atoms with E-state index >= 15 is 0 Å². The first-order valence-electron chi connectivity index (χ1n) is 6.26. The van der Waals surface area contributed by atoms with Crippen molar-refractivity contribution in [3.63, 3.8) is 0 Å². The maximum atomic E-state index is 5.09. The van der Waals surface area contributed by atoms with Crippen LogP contribution in [0.5, 0.6) is 0 Å². The van der Waals surface area contributed by atoms with Crippen LogP contribution < -0.4 is 5.32 Å². The summed E-state index contributed by atoms with van der Waals surface area (Å²) in [6.07, 6.45) is 4.43. The van der Waals surface area contributed by atoms with Gasteiger partial charge in [0.1, 0.15) is 0 Å². The molecule has 0 aliphatic carbocycles. The van der Waals surface area contributed by atoms with E-state index in [0.717, 1.165) is 32.8 Å². The highest BCUT2D eigenvalue weighted by molar-refractivity contribution is 4.73. The highest BCUT2D eigenvalue weighted by Crippen LogP contribution is 1.96. The van der Waals surface area contributed by atoms with Crippen molar-refractivity contribution >= 4 is 0 Å². The van der Waals surface area contributed by atoms with Crippen LogP contribution in [-0.4, -0.2) is 50.8 Å². The Morgan fingerprint density at radius 2 is 2.06 bits per heavy atom. The molecule has 0 rings (SSSR count). The molecular weight excluding hydrogens is 200 g/mol. The van der Waals surface area contributed by atoms with Gasteiger partial charge in [0.05, 0.1) is 6.61 Å². The van der Waals surface area contributed by atoms with Gasteiger partial charge in [-0.1, -0.05) is 19.9 Å². The van der Waals surface area contributed by atoms with Gasteiger partial charge in [-0.05, 0) is 25.9 Å². The van der Waals surface area contributed by atoms with Gasteiger partial charge in [0.25, 0.3) is 0 Å². The van der Waals surface area contributed by atoms with Gasteiger partial charge in [-0.15, -0.1) is 6.58 Å². The fraction of sp³-hybridized carbons (Fsp3) is 0.846. The molecule has 0 aromatic rings. The smallest absolute Gasteiger partial charge is 0.0589 e. The lowest BCUT2D eigenvalue weighted by Crippen LogP contribution is -2.30. The van der Waals surface area contributed by atoms with Gasteiger partial charge in [0.2, 0.25) is 0 Å². The Morgan fingerprint density at radius 1 is 1.31 bits per heavy atom. The summed E-state index contributed by atoms with van der Waals surface area (Å²) in [5.74, 6) is 0. The molecule has 0 aliphatic heterocycles. The Balaban J connectivity index is 3.47. The summed E-state index contributed by atoms with van der Waals surface area (Å²) in [6, 6.07) is 0.595. The monoisotopic (exact) mass is 228 g/mol. The molecule has 16 heavy (non-hydrogen) atoms. The second-order valence-corrected chi connectivity index (χ2v) is 4.40. The van der Waals surface area contributed by atoms with Crippen LogP contribution in [0.15, 0.2) is 12.7 Å². The van der Waals surface area contributed by atoms with Crippen molar-refractivity contribution in [1.82, 2.24) is 10.2 Å². The van der Waals surface area contributed by atoms with Crippen molar-refractivity contribution < 1.29 is 4.74 Å². The van der Waals surface area contributed by atoms with Gasteiger partial charge in [-0.25, -0.2) is 0 Å². The van der Waals surface area contributed by atoms with E-state index < -0.39 is 0 Å². The van der Waals surface area contributed by atoms with E-state index in [4.69, 9.17) is 4.74 Å². The summed E-state index contributed by atoms with van der Waals surface area (Å²) < 4.78 is 5.09. The maximum Gasteiger partial charge on any atom is 0.0589 e. The lowest BCUT2D eigenvalue weighted by atomic mass is 10.2. The molecule has 1 N–H and O–H groups in total. The summed E-state index contributed by atoms with van der Waals surface area (Å²) in [5.41, 5.74) is 0. The second-order valence-electron chi connectivity index (χ2n) is 4.40. The van der Waals surface area contributed by atoms with Crippen LogP contribution >= 0.6 is 0 Å². The van der Waals surface area contributed by atoms with Gasteiger partial charge in [0.15, 0.2) is 0 Å². The molecule has 0 aliphatic rings. The Labute approximate surface area is 101 Å². The molecule has 0 radical (unpaired) electrons. The van der Waals surface area contributed by atoms with E-state index in [0.29, 0.717) is 6.04 Å². The average molecular weight is 228 g/mol. The van der Waals surface area contributed by atoms with Crippen molar-refractivity contribution in [3.8, 4) is 0 Å². The zero-order chi connectivity index (χ0) is 12.2. The first kappa shape index (κ1) is 15.6. The van der Waals surface area contributed by atoms with Gasteiger partial charge in [-0.3, -0.25) is 4.90 Å². The zero-order valence-corrected chi connectivity index (χ0v) is 11.2. The molecule has 0 aromatic carbocycles. The predicted octanol–water partition coefficient (Wildman–Crippen LogP) is 1.90. The van der Waals surface area contributed by atoms with Crippen LogP contribution in [0.3, 0.4) is 0 Å². The number of rotatable bonds is 11. The Kier molecular flexibility index (Phi) is 10.9. The minimum absolute atomic E-state index is 0.595. The minimum Gasteiger partial charge on any atom is -0.383 e. The molecular formula is C13H28N2O. The highest BCUT2D eigenvalue weighted by Gasteiger charge is 2.01.